The average molecular weight is 354 g/mol. The molecule has 2 aromatic rings. The number of aliphatic hydroxyl groups is 1. The summed E-state index contributed by atoms with van der Waals surface area (Å²) in [6, 6.07) is 5.17. The Morgan fingerprint density at radius 2 is 1.88 bits per heavy atom. The molecule has 5 nitrogen and oxygen atoms in total. The van der Waals surface area contributed by atoms with Crippen LogP contribution in [-0.2, 0) is 12.8 Å². The van der Waals surface area contributed by atoms with Crippen molar-refractivity contribution in [1.82, 2.24) is 14.9 Å². The zero-order valence-corrected chi connectivity index (χ0v) is 16.0. The molecule has 2 aliphatic rings. The van der Waals surface area contributed by atoms with Gasteiger partial charge in [-0.3, -0.25) is 4.90 Å². The molecule has 0 radical (unpaired) electrons. The Bertz CT molecular complexity index is 783. The van der Waals surface area contributed by atoms with Gasteiger partial charge in [-0.1, -0.05) is 6.92 Å². The van der Waals surface area contributed by atoms with Crippen LogP contribution < -0.4 is 4.90 Å². The Labute approximate surface area is 156 Å². The molecule has 0 unspecified atom stereocenters. The van der Waals surface area contributed by atoms with E-state index in [2.05, 4.69) is 35.8 Å². The first-order chi connectivity index (χ1) is 12.7. The Kier molecular flexibility index (Phi) is 5.09. The van der Waals surface area contributed by atoms with Crippen LogP contribution in [0.15, 0.2) is 12.1 Å². The van der Waals surface area contributed by atoms with Crippen molar-refractivity contribution in [1.29, 1.82) is 0 Å². The van der Waals surface area contributed by atoms with E-state index in [4.69, 9.17) is 9.97 Å². The predicted octanol–water partition coefficient (Wildman–Crippen LogP) is 2.71. The molecular formula is C21H30N4O. The van der Waals surface area contributed by atoms with Gasteiger partial charge >= 0.3 is 0 Å². The van der Waals surface area contributed by atoms with Crippen LogP contribution in [0.2, 0.25) is 0 Å². The van der Waals surface area contributed by atoms with E-state index >= 15 is 0 Å². The molecule has 1 aromatic heterocycles. The molecule has 0 bridgehead atoms. The molecule has 0 atom stereocenters. The molecule has 4 rings (SSSR count). The number of piperidine rings is 1. The monoisotopic (exact) mass is 354 g/mol. The first-order valence-corrected chi connectivity index (χ1v) is 10.1. The Morgan fingerprint density at radius 3 is 2.58 bits per heavy atom. The average Bonchev–Trinajstić information content (AvgIpc) is 3.12. The lowest BCUT2D eigenvalue weighted by Gasteiger charge is -2.38. The largest absolute Gasteiger partial charge is 0.395 e. The van der Waals surface area contributed by atoms with Crippen LogP contribution in [0.1, 0.15) is 43.0 Å². The maximum atomic E-state index is 9.25. The summed E-state index contributed by atoms with van der Waals surface area (Å²) in [6.45, 7) is 8.29. The highest BCUT2D eigenvalue weighted by Gasteiger charge is 2.25. The fourth-order valence-electron chi connectivity index (χ4n) is 4.64. The lowest BCUT2D eigenvalue weighted by molar-refractivity contribution is 0.139. The number of anilines is 1. The summed E-state index contributed by atoms with van der Waals surface area (Å²) in [5.74, 6) is 0.886. The number of aromatic nitrogens is 2. The first kappa shape index (κ1) is 17.7. The van der Waals surface area contributed by atoms with Crippen LogP contribution in [-0.4, -0.2) is 58.8 Å². The maximum Gasteiger partial charge on any atom is 0.226 e. The van der Waals surface area contributed by atoms with Gasteiger partial charge in [-0.05, 0) is 68.8 Å². The summed E-state index contributed by atoms with van der Waals surface area (Å²) in [5, 5.41) is 10.5. The molecule has 1 saturated heterocycles. The van der Waals surface area contributed by atoms with Gasteiger partial charge in [0.15, 0.2) is 0 Å². The standard InChI is InChI=1S/C21H30N4O/c1-3-24(11-12-26)18-7-9-25(10-8-18)21-22-15(2)19-13-16-5-4-6-17(16)14-20(19)23-21/h13-14,18,26H,3-12H2,1-2H3. The minimum Gasteiger partial charge on any atom is -0.395 e. The number of hydrogen-bond acceptors (Lipinski definition) is 5. The smallest absolute Gasteiger partial charge is 0.226 e. The van der Waals surface area contributed by atoms with E-state index in [0.29, 0.717) is 6.04 Å². The van der Waals surface area contributed by atoms with Gasteiger partial charge in [-0.25, -0.2) is 9.97 Å². The van der Waals surface area contributed by atoms with Crippen molar-refractivity contribution in [2.24, 2.45) is 0 Å². The van der Waals surface area contributed by atoms with Crippen molar-refractivity contribution in [3.63, 3.8) is 0 Å². The van der Waals surface area contributed by atoms with E-state index in [1.165, 1.54) is 35.8 Å². The zero-order chi connectivity index (χ0) is 18.1. The van der Waals surface area contributed by atoms with Gasteiger partial charge in [0.25, 0.3) is 0 Å². The SMILES string of the molecule is CCN(CCO)C1CCN(c2nc(C)c3cc4c(cc3n2)CCC4)CC1. The van der Waals surface area contributed by atoms with E-state index in [9.17, 15) is 5.11 Å². The molecule has 1 aliphatic carbocycles. The van der Waals surface area contributed by atoms with Gasteiger partial charge in [-0.15, -0.1) is 0 Å². The highest BCUT2D eigenvalue weighted by Crippen LogP contribution is 2.29. The zero-order valence-electron chi connectivity index (χ0n) is 16.0. The third-order valence-corrected chi connectivity index (χ3v) is 6.15. The molecule has 1 aliphatic heterocycles. The molecule has 0 amide bonds. The molecular weight excluding hydrogens is 324 g/mol. The summed E-state index contributed by atoms with van der Waals surface area (Å²) in [6.07, 6.45) is 5.87. The normalized spacial score (nSPS) is 18.1. The van der Waals surface area contributed by atoms with Crippen LogP contribution in [0.25, 0.3) is 10.9 Å². The number of likely N-dealkylation sites (N-methyl/N-ethyl adjacent to an activating group) is 1. The Balaban J connectivity index is 1.53. The second kappa shape index (κ2) is 7.49. The molecule has 5 heteroatoms. The summed E-state index contributed by atoms with van der Waals surface area (Å²) in [5.41, 5.74) is 5.16. The molecule has 0 spiro atoms. The summed E-state index contributed by atoms with van der Waals surface area (Å²) in [7, 11) is 0. The van der Waals surface area contributed by atoms with Gasteiger partial charge < -0.3 is 10.0 Å². The lowest BCUT2D eigenvalue weighted by atomic mass is 10.0. The highest BCUT2D eigenvalue weighted by atomic mass is 16.3. The van der Waals surface area contributed by atoms with E-state index < -0.39 is 0 Å². The van der Waals surface area contributed by atoms with Crippen molar-refractivity contribution in [3.8, 4) is 0 Å². The highest BCUT2D eigenvalue weighted by molar-refractivity contribution is 5.84. The molecule has 140 valence electrons. The van der Waals surface area contributed by atoms with Gasteiger partial charge in [0.1, 0.15) is 0 Å². The molecule has 26 heavy (non-hydrogen) atoms. The molecule has 1 aromatic carbocycles. The van der Waals surface area contributed by atoms with Crippen LogP contribution in [0.5, 0.6) is 0 Å². The summed E-state index contributed by atoms with van der Waals surface area (Å²) < 4.78 is 0. The number of rotatable bonds is 5. The van der Waals surface area contributed by atoms with Gasteiger partial charge in [0, 0.05) is 31.1 Å². The van der Waals surface area contributed by atoms with E-state index in [1.807, 2.05) is 0 Å². The minimum absolute atomic E-state index is 0.241. The quantitative estimate of drug-likeness (QED) is 0.895. The maximum absolute atomic E-state index is 9.25. The van der Waals surface area contributed by atoms with Gasteiger partial charge in [0.2, 0.25) is 5.95 Å². The van der Waals surface area contributed by atoms with Crippen molar-refractivity contribution in [3.05, 3.63) is 29.0 Å². The van der Waals surface area contributed by atoms with Crippen molar-refractivity contribution in [2.45, 2.75) is 52.0 Å². The van der Waals surface area contributed by atoms with Crippen LogP contribution in [0.3, 0.4) is 0 Å². The first-order valence-electron chi connectivity index (χ1n) is 10.1. The third kappa shape index (κ3) is 3.30. The number of benzene rings is 1. The lowest BCUT2D eigenvalue weighted by Crippen LogP contribution is -2.46. The second-order valence-electron chi connectivity index (χ2n) is 7.67. The molecule has 1 fully saturated rings. The number of aliphatic hydroxyl groups excluding tert-OH is 1. The molecule has 0 saturated carbocycles. The van der Waals surface area contributed by atoms with Crippen LogP contribution in [0.4, 0.5) is 5.95 Å². The van der Waals surface area contributed by atoms with E-state index in [1.54, 1.807) is 0 Å². The van der Waals surface area contributed by atoms with Crippen molar-refractivity contribution in [2.75, 3.05) is 37.7 Å². The van der Waals surface area contributed by atoms with Gasteiger partial charge in [-0.2, -0.15) is 0 Å². The Hall–Kier alpha value is -1.72. The minimum atomic E-state index is 0.241. The molecule has 2 heterocycles. The number of hydrogen-bond donors (Lipinski definition) is 1. The Morgan fingerprint density at radius 1 is 1.15 bits per heavy atom. The number of nitrogens with zero attached hydrogens (tertiary/aromatic N) is 4. The van der Waals surface area contributed by atoms with Crippen molar-refractivity contribution < 1.29 is 5.11 Å². The summed E-state index contributed by atoms with van der Waals surface area (Å²) in [4.78, 5) is 14.5. The number of aryl methyl sites for hydroxylation is 3. The molecule has 1 N–H and O–H groups in total. The number of fused-ring (bicyclic) bond motifs is 2. The van der Waals surface area contributed by atoms with Gasteiger partial charge in [0.05, 0.1) is 17.8 Å². The second-order valence-corrected chi connectivity index (χ2v) is 7.67. The fourth-order valence-corrected chi connectivity index (χ4v) is 4.64. The van der Waals surface area contributed by atoms with Crippen LogP contribution >= 0.6 is 0 Å². The van der Waals surface area contributed by atoms with Crippen LogP contribution in [0, 0.1) is 6.92 Å². The van der Waals surface area contributed by atoms with Crippen molar-refractivity contribution >= 4 is 16.9 Å². The predicted molar refractivity (Wildman–Crippen MR) is 106 cm³/mol. The summed E-state index contributed by atoms with van der Waals surface area (Å²) >= 11 is 0. The van der Waals surface area contributed by atoms with E-state index in [0.717, 1.165) is 56.2 Å². The van der Waals surface area contributed by atoms with E-state index in [-0.39, 0.29) is 6.61 Å². The topological polar surface area (TPSA) is 52.5 Å². The third-order valence-electron chi connectivity index (χ3n) is 6.15. The fraction of sp³-hybridized carbons (Fsp3) is 0.619.